The van der Waals surface area contributed by atoms with E-state index in [4.69, 9.17) is 5.11 Å². The topological polar surface area (TPSA) is 98.9 Å². The number of rotatable bonds is 5. The molecule has 1 atom stereocenters. The van der Waals surface area contributed by atoms with Crippen molar-refractivity contribution in [3.8, 4) is 5.75 Å². The maximum atomic E-state index is 14.2. The molecule has 1 heterocycles. The van der Waals surface area contributed by atoms with E-state index in [0.29, 0.717) is 26.2 Å². The van der Waals surface area contributed by atoms with E-state index in [-0.39, 0.29) is 5.56 Å². The monoisotopic (exact) mass is 317 g/mol. The summed E-state index contributed by atoms with van der Waals surface area (Å²) < 4.78 is 28.4. The molecule has 22 heavy (non-hydrogen) atoms. The number of aromatic hydroxyl groups is 1. The third-order valence-corrected chi connectivity index (χ3v) is 3.64. The quantitative estimate of drug-likeness (QED) is 0.551. The number of hydrogen-bond donors (Lipinski definition) is 3. The Kier molecular flexibility index (Phi) is 4.89. The lowest BCUT2D eigenvalue weighted by Gasteiger charge is -2.38. The van der Waals surface area contributed by atoms with Crippen LogP contribution in [-0.4, -0.2) is 58.7 Å². The summed E-state index contributed by atoms with van der Waals surface area (Å²) in [7, 11) is 0. The van der Waals surface area contributed by atoms with Crippen LogP contribution in [0.3, 0.4) is 0 Å². The van der Waals surface area contributed by atoms with E-state index in [1.165, 1.54) is 11.0 Å². The van der Waals surface area contributed by atoms with E-state index in [9.17, 15) is 24.0 Å². The number of halogens is 2. The molecule has 0 spiro atoms. The van der Waals surface area contributed by atoms with E-state index in [0.717, 1.165) is 12.1 Å². The fourth-order valence-corrected chi connectivity index (χ4v) is 2.61. The van der Waals surface area contributed by atoms with E-state index < -0.39 is 34.9 Å². The number of nitro groups is 1. The Morgan fingerprint density at radius 1 is 1.41 bits per heavy atom. The van der Waals surface area contributed by atoms with Crippen molar-refractivity contribution in [2.75, 3.05) is 32.8 Å². The molecule has 1 aromatic carbocycles. The van der Waals surface area contributed by atoms with Crippen LogP contribution in [0.1, 0.15) is 11.6 Å². The van der Waals surface area contributed by atoms with E-state index in [1.807, 2.05) is 0 Å². The van der Waals surface area contributed by atoms with Crippen molar-refractivity contribution in [3.05, 3.63) is 33.9 Å². The van der Waals surface area contributed by atoms with Crippen molar-refractivity contribution < 1.29 is 23.9 Å². The van der Waals surface area contributed by atoms with Crippen molar-refractivity contribution in [3.63, 3.8) is 0 Å². The molecule has 2 rings (SSSR count). The van der Waals surface area contributed by atoms with Gasteiger partial charge in [0, 0.05) is 32.2 Å². The molecule has 7 nitrogen and oxygen atoms in total. The van der Waals surface area contributed by atoms with Gasteiger partial charge < -0.3 is 15.5 Å². The van der Waals surface area contributed by atoms with Crippen LogP contribution in [0.2, 0.25) is 0 Å². The Hall–Kier alpha value is -1.84. The van der Waals surface area contributed by atoms with Crippen LogP contribution in [0.25, 0.3) is 0 Å². The fraction of sp³-hybridized carbons (Fsp3) is 0.538. The maximum absolute atomic E-state index is 14.2. The predicted molar refractivity (Wildman–Crippen MR) is 74.0 cm³/mol. The number of nitrogens with one attached hydrogen (secondary N) is 1. The maximum Gasteiger partial charge on any atom is 0.311 e. The van der Waals surface area contributed by atoms with Gasteiger partial charge in [0.1, 0.15) is 12.6 Å². The van der Waals surface area contributed by atoms with Gasteiger partial charge in [-0.05, 0) is 11.6 Å². The first-order chi connectivity index (χ1) is 10.4. The van der Waals surface area contributed by atoms with Gasteiger partial charge >= 0.3 is 5.69 Å². The summed E-state index contributed by atoms with van der Waals surface area (Å²) >= 11 is 0. The third kappa shape index (κ3) is 3.32. The summed E-state index contributed by atoms with van der Waals surface area (Å²) in [6.07, 6.45) is 0. The standard InChI is InChI=1S/C13H17F2N3O4/c14-13(15,8-19)12(17-5-3-16-4-6-17)9-1-2-11(20)10(7-9)18(21)22/h1-2,7,12,16,19-20H,3-6,8H2/t12-/m1/s1. The first-order valence-electron chi connectivity index (χ1n) is 6.77. The Morgan fingerprint density at radius 2 is 2.05 bits per heavy atom. The zero-order valence-corrected chi connectivity index (χ0v) is 11.7. The fourth-order valence-electron chi connectivity index (χ4n) is 2.61. The molecule has 0 unspecified atom stereocenters. The van der Waals surface area contributed by atoms with Crippen LogP contribution in [0.15, 0.2) is 18.2 Å². The van der Waals surface area contributed by atoms with Gasteiger partial charge in [-0.1, -0.05) is 6.07 Å². The van der Waals surface area contributed by atoms with Crippen LogP contribution in [0.4, 0.5) is 14.5 Å². The number of alkyl halides is 2. The third-order valence-electron chi connectivity index (χ3n) is 3.64. The van der Waals surface area contributed by atoms with E-state index >= 15 is 0 Å². The van der Waals surface area contributed by atoms with Gasteiger partial charge in [-0.15, -0.1) is 0 Å². The molecule has 0 bridgehead atoms. The number of phenolic OH excluding ortho intramolecular Hbond substituents is 1. The van der Waals surface area contributed by atoms with Crippen LogP contribution >= 0.6 is 0 Å². The molecule has 1 saturated heterocycles. The molecule has 1 fully saturated rings. The number of piperazine rings is 1. The number of benzene rings is 1. The zero-order valence-electron chi connectivity index (χ0n) is 11.7. The SMILES string of the molecule is O=[N+]([O-])c1cc([C@@H](N2CCNCC2)C(F)(F)CO)ccc1O. The summed E-state index contributed by atoms with van der Waals surface area (Å²) in [5.41, 5.74) is -0.642. The highest BCUT2D eigenvalue weighted by molar-refractivity contribution is 5.48. The van der Waals surface area contributed by atoms with Gasteiger partial charge in [0.05, 0.1) is 4.92 Å². The molecule has 0 aromatic heterocycles. The van der Waals surface area contributed by atoms with Crippen molar-refractivity contribution in [2.45, 2.75) is 12.0 Å². The molecule has 0 radical (unpaired) electrons. The molecule has 1 aliphatic heterocycles. The lowest BCUT2D eigenvalue weighted by molar-refractivity contribution is -0.386. The largest absolute Gasteiger partial charge is 0.502 e. The van der Waals surface area contributed by atoms with Gasteiger partial charge in [-0.25, -0.2) is 8.78 Å². The molecular formula is C13H17F2N3O4. The van der Waals surface area contributed by atoms with Crippen molar-refractivity contribution in [2.24, 2.45) is 0 Å². The van der Waals surface area contributed by atoms with Crippen molar-refractivity contribution in [1.82, 2.24) is 10.2 Å². The highest BCUT2D eigenvalue weighted by atomic mass is 19.3. The van der Waals surface area contributed by atoms with Crippen molar-refractivity contribution in [1.29, 1.82) is 0 Å². The number of nitrogens with zero attached hydrogens (tertiary/aromatic N) is 2. The highest BCUT2D eigenvalue weighted by Gasteiger charge is 2.44. The summed E-state index contributed by atoms with van der Waals surface area (Å²) in [5.74, 6) is -4.04. The molecule has 1 aliphatic rings. The first-order valence-corrected chi connectivity index (χ1v) is 6.77. The van der Waals surface area contributed by atoms with E-state index in [1.54, 1.807) is 0 Å². The number of hydrogen-bond acceptors (Lipinski definition) is 6. The summed E-state index contributed by atoms with van der Waals surface area (Å²) in [6.45, 7) is 0.316. The molecule has 0 saturated carbocycles. The minimum absolute atomic E-state index is 0.00884. The summed E-state index contributed by atoms with van der Waals surface area (Å²) in [4.78, 5) is 11.5. The number of aliphatic hydroxyl groups excluding tert-OH is 1. The second kappa shape index (κ2) is 6.51. The van der Waals surface area contributed by atoms with Crippen molar-refractivity contribution >= 4 is 5.69 Å². The molecule has 9 heteroatoms. The van der Waals surface area contributed by atoms with Crippen LogP contribution in [0, 0.1) is 10.1 Å². The Bertz CT molecular complexity index is 550. The molecule has 3 N–H and O–H groups in total. The number of nitro benzene ring substituents is 1. The van der Waals surface area contributed by atoms with E-state index in [2.05, 4.69) is 5.32 Å². The van der Waals surface area contributed by atoms with Crippen LogP contribution in [0.5, 0.6) is 5.75 Å². The van der Waals surface area contributed by atoms with Crippen LogP contribution in [-0.2, 0) is 0 Å². The lowest BCUT2D eigenvalue weighted by atomic mass is 9.97. The summed E-state index contributed by atoms with van der Waals surface area (Å²) in [6, 6.07) is 1.69. The minimum Gasteiger partial charge on any atom is -0.502 e. The first kappa shape index (κ1) is 16.5. The highest BCUT2D eigenvalue weighted by Crippen LogP contribution is 2.39. The van der Waals surface area contributed by atoms with Gasteiger partial charge in [-0.3, -0.25) is 15.0 Å². The second-order valence-corrected chi connectivity index (χ2v) is 5.11. The number of phenols is 1. The molecule has 122 valence electrons. The predicted octanol–water partition coefficient (Wildman–Crippen LogP) is 0.874. The molecule has 0 amide bonds. The Morgan fingerprint density at radius 3 is 2.59 bits per heavy atom. The molecule has 1 aromatic rings. The second-order valence-electron chi connectivity index (χ2n) is 5.11. The normalized spacial score (nSPS) is 18.1. The summed E-state index contributed by atoms with van der Waals surface area (Å²) in [5, 5.41) is 32.4. The average molecular weight is 317 g/mol. The zero-order chi connectivity index (χ0) is 16.3. The van der Waals surface area contributed by atoms with Gasteiger partial charge in [-0.2, -0.15) is 0 Å². The lowest BCUT2D eigenvalue weighted by Crippen LogP contribution is -2.51. The smallest absolute Gasteiger partial charge is 0.311 e. The Balaban J connectivity index is 2.44. The minimum atomic E-state index is -3.46. The van der Waals surface area contributed by atoms with Crippen LogP contribution < -0.4 is 5.32 Å². The molecular weight excluding hydrogens is 300 g/mol. The average Bonchev–Trinajstić information content (AvgIpc) is 2.50. The van der Waals surface area contributed by atoms with Gasteiger partial charge in [0.15, 0.2) is 5.75 Å². The Labute approximate surface area is 125 Å². The molecule has 0 aliphatic carbocycles. The van der Waals surface area contributed by atoms with Gasteiger partial charge in [0.2, 0.25) is 0 Å². The number of aliphatic hydroxyl groups is 1. The van der Waals surface area contributed by atoms with Gasteiger partial charge in [0.25, 0.3) is 5.92 Å².